The van der Waals surface area contributed by atoms with E-state index in [1.807, 2.05) is 0 Å². The van der Waals surface area contributed by atoms with Crippen molar-refractivity contribution in [3.63, 3.8) is 0 Å². The highest BCUT2D eigenvalue weighted by Crippen LogP contribution is 2.13. The van der Waals surface area contributed by atoms with Crippen LogP contribution in [0.4, 0.5) is 0 Å². The summed E-state index contributed by atoms with van der Waals surface area (Å²) in [7, 11) is 0. The third kappa shape index (κ3) is 27.4. The fourth-order valence-corrected chi connectivity index (χ4v) is 5.21. The predicted octanol–water partition coefficient (Wildman–Crippen LogP) is 9.09. The maximum Gasteiger partial charge on any atom is 0.220 e. The second kappa shape index (κ2) is 31.8. The molecule has 4 N–H and O–H groups in total. The number of amides is 1. The molecule has 0 aliphatic rings. The zero-order chi connectivity index (χ0) is 30.2. The van der Waals surface area contributed by atoms with Crippen molar-refractivity contribution >= 4 is 5.91 Å². The third-order valence-corrected chi connectivity index (χ3v) is 8.03. The number of hydrogen-bond donors (Lipinski definition) is 4. The van der Waals surface area contributed by atoms with Gasteiger partial charge < -0.3 is 20.6 Å². The highest BCUT2D eigenvalue weighted by molar-refractivity contribution is 5.76. The molecule has 0 spiro atoms. The number of unbranched alkanes of at least 4 members (excludes halogenated alkanes) is 19. The lowest BCUT2D eigenvalue weighted by Gasteiger charge is -2.26. The van der Waals surface area contributed by atoms with Crippen molar-refractivity contribution in [1.29, 1.82) is 0 Å². The average Bonchev–Trinajstić information content (AvgIpc) is 2.97. The third-order valence-electron chi connectivity index (χ3n) is 8.03. The van der Waals surface area contributed by atoms with Crippen molar-refractivity contribution in [1.82, 2.24) is 5.32 Å². The largest absolute Gasteiger partial charge is 0.394 e. The van der Waals surface area contributed by atoms with Gasteiger partial charge in [0.1, 0.15) is 6.10 Å². The first-order valence-electron chi connectivity index (χ1n) is 17.6. The normalized spacial score (nSPS) is 14.2. The molecule has 0 heterocycles. The zero-order valence-corrected chi connectivity index (χ0v) is 27.2. The number of carbonyl (C=O) groups excluding carboxylic acids is 1. The molecule has 5 heteroatoms. The topological polar surface area (TPSA) is 89.8 Å². The van der Waals surface area contributed by atoms with Crippen LogP contribution in [0.15, 0.2) is 24.3 Å². The molecule has 1 amide bonds. The summed E-state index contributed by atoms with van der Waals surface area (Å²) < 4.78 is 0. The van der Waals surface area contributed by atoms with Gasteiger partial charge in [-0.25, -0.2) is 0 Å². The molecule has 0 fully saturated rings. The number of rotatable bonds is 31. The van der Waals surface area contributed by atoms with Gasteiger partial charge in [-0.2, -0.15) is 0 Å². The minimum Gasteiger partial charge on any atom is -0.394 e. The summed E-state index contributed by atoms with van der Waals surface area (Å²) in [4.78, 5) is 12.3. The van der Waals surface area contributed by atoms with Gasteiger partial charge in [-0.05, 0) is 64.2 Å². The summed E-state index contributed by atoms with van der Waals surface area (Å²) in [6.07, 6.45) is 35.6. The van der Waals surface area contributed by atoms with Crippen molar-refractivity contribution in [3.05, 3.63) is 24.3 Å². The molecule has 0 saturated carbocycles. The van der Waals surface area contributed by atoms with Crippen molar-refractivity contribution in [3.8, 4) is 0 Å². The van der Waals surface area contributed by atoms with Gasteiger partial charge >= 0.3 is 0 Å². The van der Waals surface area contributed by atoms with Gasteiger partial charge in [0, 0.05) is 6.42 Å². The average molecular weight is 580 g/mol. The Labute approximate surface area is 254 Å². The molecule has 0 aromatic carbocycles. The summed E-state index contributed by atoms with van der Waals surface area (Å²) in [6, 6.07) is -0.825. The molecule has 0 saturated heterocycles. The van der Waals surface area contributed by atoms with E-state index >= 15 is 0 Å². The van der Waals surface area contributed by atoms with Gasteiger partial charge in [0.2, 0.25) is 5.91 Å². The summed E-state index contributed by atoms with van der Waals surface area (Å²) in [5.41, 5.74) is 0. The summed E-state index contributed by atoms with van der Waals surface area (Å²) in [5.74, 6) is -0.166. The molecule has 0 aliphatic heterocycles. The van der Waals surface area contributed by atoms with Crippen molar-refractivity contribution in [2.24, 2.45) is 0 Å². The SMILES string of the molecule is CCCCCC/C=C/CCCC(O)C(O)C(CO)NC(=O)CCCCCCC/C=C\CCCCCCCCCCC. The van der Waals surface area contributed by atoms with Gasteiger partial charge in [-0.3, -0.25) is 4.79 Å². The van der Waals surface area contributed by atoms with Gasteiger partial charge in [-0.15, -0.1) is 0 Å². The fourth-order valence-electron chi connectivity index (χ4n) is 5.21. The monoisotopic (exact) mass is 580 g/mol. The smallest absolute Gasteiger partial charge is 0.220 e. The van der Waals surface area contributed by atoms with Gasteiger partial charge in [0.25, 0.3) is 0 Å². The van der Waals surface area contributed by atoms with Crippen LogP contribution < -0.4 is 5.32 Å². The van der Waals surface area contributed by atoms with Gasteiger partial charge in [0.05, 0.1) is 18.8 Å². The van der Waals surface area contributed by atoms with E-state index < -0.39 is 18.2 Å². The Hall–Kier alpha value is -1.17. The molecule has 0 rings (SSSR count). The lowest BCUT2D eigenvalue weighted by atomic mass is 10.0. The van der Waals surface area contributed by atoms with Crippen LogP contribution in [-0.4, -0.2) is 46.1 Å². The molecule has 41 heavy (non-hydrogen) atoms. The maximum atomic E-state index is 12.3. The fraction of sp³-hybridized carbons (Fsp3) is 0.861. The van der Waals surface area contributed by atoms with E-state index in [-0.39, 0.29) is 12.5 Å². The van der Waals surface area contributed by atoms with Crippen LogP contribution in [-0.2, 0) is 4.79 Å². The summed E-state index contributed by atoms with van der Waals surface area (Å²) in [5, 5.41) is 33.1. The number of aliphatic hydroxyl groups is 3. The zero-order valence-electron chi connectivity index (χ0n) is 27.2. The van der Waals surface area contributed by atoms with Crippen LogP contribution in [0, 0.1) is 0 Å². The Balaban J connectivity index is 3.71. The van der Waals surface area contributed by atoms with E-state index in [4.69, 9.17) is 0 Å². The minimum absolute atomic E-state index is 0.166. The summed E-state index contributed by atoms with van der Waals surface area (Å²) >= 11 is 0. The van der Waals surface area contributed by atoms with Crippen molar-refractivity contribution < 1.29 is 20.1 Å². The van der Waals surface area contributed by atoms with E-state index in [1.54, 1.807) is 0 Å². The number of nitrogens with one attached hydrogen (secondary N) is 1. The minimum atomic E-state index is -1.16. The Morgan fingerprint density at radius 3 is 1.44 bits per heavy atom. The first-order chi connectivity index (χ1) is 20.1. The molecule has 3 unspecified atom stereocenters. The van der Waals surface area contributed by atoms with E-state index in [9.17, 15) is 20.1 Å². The molecule has 0 radical (unpaired) electrons. The van der Waals surface area contributed by atoms with Crippen LogP contribution in [0.3, 0.4) is 0 Å². The molecular formula is C36H69NO4. The van der Waals surface area contributed by atoms with E-state index in [2.05, 4.69) is 43.5 Å². The first kappa shape index (κ1) is 39.8. The summed E-state index contributed by atoms with van der Waals surface area (Å²) in [6.45, 7) is 4.10. The Morgan fingerprint density at radius 1 is 0.585 bits per heavy atom. The van der Waals surface area contributed by atoms with Crippen LogP contribution in [0.2, 0.25) is 0 Å². The van der Waals surface area contributed by atoms with Crippen molar-refractivity contribution in [2.45, 2.75) is 193 Å². The molecule has 0 aromatic heterocycles. The van der Waals surface area contributed by atoms with Crippen LogP contribution in [0.5, 0.6) is 0 Å². The number of hydrogen-bond acceptors (Lipinski definition) is 4. The van der Waals surface area contributed by atoms with E-state index in [0.717, 1.165) is 44.9 Å². The number of aliphatic hydroxyl groups excluding tert-OH is 3. The van der Waals surface area contributed by atoms with Crippen molar-refractivity contribution in [2.75, 3.05) is 6.61 Å². The van der Waals surface area contributed by atoms with Gasteiger partial charge in [0.15, 0.2) is 0 Å². The molecule has 0 aliphatic carbocycles. The molecule has 3 atom stereocenters. The quantitative estimate of drug-likeness (QED) is 0.0487. The molecule has 0 aromatic rings. The lowest BCUT2D eigenvalue weighted by Crippen LogP contribution is -2.50. The molecule has 0 bridgehead atoms. The Bertz CT molecular complexity index is 606. The standard InChI is InChI=1S/C36H69NO4/c1-3-5-7-9-11-13-14-15-16-17-18-19-20-21-23-25-27-29-31-35(40)37-33(32-38)36(41)34(39)30-28-26-24-22-12-10-8-6-4-2/h18-19,22,24,33-34,36,38-39,41H,3-17,20-21,23,25-32H2,1-2H3,(H,37,40)/b19-18-,24-22+. The Morgan fingerprint density at radius 2 is 0.976 bits per heavy atom. The number of allylic oxidation sites excluding steroid dienone is 4. The second-order valence-electron chi connectivity index (χ2n) is 12.1. The number of carbonyl (C=O) groups is 1. The van der Waals surface area contributed by atoms with Crippen LogP contribution in [0.1, 0.15) is 174 Å². The van der Waals surface area contributed by atoms with E-state index in [1.165, 1.54) is 103 Å². The highest BCUT2D eigenvalue weighted by Gasteiger charge is 2.26. The maximum absolute atomic E-state index is 12.3. The predicted molar refractivity (Wildman–Crippen MR) is 176 cm³/mol. The molecule has 242 valence electrons. The highest BCUT2D eigenvalue weighted by atomic mass is 16.3. The van der Waals surface area contributed by atoms with Crippen LogP contribution in [0.25, 0.3) is 0 Å². The lowest BCUT2D eigenvalue weighted by molar-refractivity contribution is -0.124. The van der Waals surface area contributed by atoms with Gasteiger partial charge in [-0.1, -0.05) is 128 Å². The molecule has 5 nitrogen and oxygen atoms in total. The first-order valence-corrected chi connectivity index (χ1v) is 17.6. The van der Waals surface area contributed by atoms with E-state index in [0.29, 0.717) is 12.8 Å². The second-order valence-corrected chi connectivity index (χ2v) is 12.1. The Kier molecular flexibility index (Phi) is 30.9. The van der Waals surface area contributed by atoms with Crippen LogP contribution >= 0.6 is 0 Å². The molecular weight excluding hydrogens is 510 g/mol.